The van der Waals surface area contributed by atoms with Crippen molar-refractivity contribution in [1.29, 1.82) is 0 Å². The van der Waals surface area contributed by atoms with Gasteiger partial charge in [0.15, 0.2) is 0 Å². The second-order valence-electron chi connectivity index (χ2n) is 4.65. The third kappa shape index (κ3) is 4.10. The molecule has 0 fully saturated rings. The summed E-state index contributed by atoms with van der Waals surface area (Å²) in [6.45, 7) is 2.10. The molecule has 4 heteroatoms. The Kier molecular flexibility index (Phi) is 5.02. The molecule has 2 unspecified atom stereocenters. The molecule has 19 heavy (non-hydrogen) atoms. The lowest BCUT2D eigenvalue weighted by atomic mass is 10.1. The standard InChI is InChI=1S/C15H18ClNO2/c1-11(9-12-4-6-13(16)7-5-12)17-14(10-18)15-3-2-8-19-15/h2-8,11,14,17-18H,9-10H2,1H3. The Hall–Kier alpha value is -1.29. The molecule has 0 radical (unpaired) electrons. The molecule has 2 atom stereocenters. The average Bonchev–Trinajstić information content (AvgIpc) is 2.92. The molecule has 1 aromatic heterocycles. The first-order valence-corrected chi connectivity index (χ1v) is 6.71. The van der Waals surface area contributed by atoms with E-state index in [1.807, 2.05) is 36.4 Å². The normalized spacial score (nSPS) is 14.3. The number of hydrogen-bond acceptors (Lipinski definition) is 3. The van der Waals surface area contributed by atoms with Crippen molar-refractivity contribution in [2.24, 2.45) is 0 Å². The van der Waals surface area contributed by atoms with Gasteiger partial charge in [0.1, 0.15) is 5.76 Å². The molecule has 2 N–H and O–H groups in total. The summed E-state index contributed by atoms with van der Waals surface area (Å²) in [6, 6.07) is 11.6. The van der Waals surface area contributed by atoms with Crippen LogP contribution in [-0.4, -0.2) is 17.8 Å². The molecule has 102 valence electrons. The van der Waals surface area contributed by atoms with E-state index < -0.39 is 0 Å². The van der Waals surface area contributed by atoms with E-state index in [9.17, 15) is 5.11 Å². The monoisotopic (exact) mass is 279 g/mol. The Labute approximate surface area is 118 Å². The van der Waals surface area contributed by atoms with Crippen LogP contribution in [0.5, 0.6) is 0 Å². The number of benzene rings is 1. The van der Waals surface area contributed by atoms with E-state index in [4.69, 9.17) is 16.0 Å². The number of nitrogens with one attached hydrogen (secondary N) is 1. The van der Waals surface area contributed by atoms with Crippen LogP contribution in [0.3, 0.4) is 0 Å². The van der Waals surface area contributed by atoms with Crippen molar-refractivity contribution in [3.63, 3.8) is 0 Å². The predicted molar refractivity (Wildman–Crippen MR) is 76.3 cm³/mol. The zero-order valence-electron chi connectivity index (χ0n) is 10.8. The molecule has 0 aliphatic carbocycles. The first-order valence-electron chi connectivity index (χ1n) is 6.34. The summed E-state index contributed by atoms with van der Waals surface area (Å²) < 4.78 is 5.31. The zero-order chi connectivity index (χ0) is 13.7. The second kappa shape index (κ2) is 6.75. The van der Waals surface area contributed by atoms with Crippen molar-refractivity contribution in [2.45, 2.75) is 25.4 Å². The molecule has 0 aliphatic rings. The Morgan fingerprint density at radius 2 is 2.00 bits per heavy atom. The molecule has 0 spiro atoms. The molecule has 3 nitrogen and oxygen atoms in total. The Balaban J connectivity index is 1.93. The van der Waals surface area contributed by atoms with Gasteiger partial charge in [-0.25, -0.2) is 0 Å². The topological polar surface area (TPSA) is 45.4 Å². The smallest absolute Gasteiger partial charge is 0.123 e. The fourth-order valence-corrected chi connectivity index (χ4v) is 2.22. The summed E-state index contributed by atoms with van der Waals surface area (Å²) in [6.07, 6.45) is 2.48. The quantitative estimate of drug-likeness (QED) is 0.854. The highest BCUT2D eigenvalue weighted by molar-refractivity contribution is 6.30. The van der Waals surface area contributed by atoms with Crippen molar-refractivity contribution in [2.75, 3.05) is 6.61 Å². The maximum absolute atomic E-state index is 9.41. The maximum atomic E-state index is 9.41. The van der Waals surface area contributed by atoms with Crippen LogP contribution in [0.15, 0.2) is 47.1 Å². The summed E-state index contributed by atoms with van der Waals surface area (Å²) in [7, 11) is 0. The number of aliphatic hydroxyl groups excluding tert-OH is 1. The Bertz CT molecular complexity index is 481. The van der Waals surface area contributed by atoms with Gasteiger partial charge < -0.3 is 14.8 Å². The summed E-state index contributed by atoms with van der Waals surface area (Å²) in [5.74, 6) is 0.755. The van der Waals surface area contributed by atoms with E-state index in [-0.39, 0.29) is 18.7 Å². The number of hydrogen-bond donors (Lipinski definition) is 2. The molecular formula is C15H18ClNO2. The van der Waals surface area contributed by atoms with Crippen LogP contribution < -0.4 is 5.32 Å². The molecule has 0 saturated heterocycles. The van der Waals surface area contributed by atoms with Crippen molar-refractivity contribution >= 4 is 11.6 Å². The largest absolute Gasteiger partial charge is 0.468 e. The van der Waals surface area contributed by atoms with E-state index in [1.54, 1.807) is 6.26 Å². The fourth-order valence-electron chi connectivity index (χ4n) is 2.09. The zero-order valence-corrected chi connectivity index (χ0v) is 11.6. The number of halogens is 1. The first kappa shape index (κ1) is 14.1. The van der Waals surface area contributed by atoms with Crippen LogP contribution in [0.4, 0.5) is 0 Å². The molecule has 0 bridgehead atoms. The van der Waals surface area contributed by atoms with Crippen molar-refractivity contribution in [3.8, 4) is 0 Å². The van der Waals surface area contributed by atoms with Gasteiger partial charge in [0, 0.05) is 11.1 Å². The van der Waals surface area contributed by atoms with E-state index in [2.05, 4.69) is 12.2 Å². The molecule has 1 aromatic carbocycles. The van der Waals surface area contributed by atoms with Gasteiger partial charge in [0.2, 0.25) is 0 Å². The second-order valence-corrected chi connectivity index (χ2v) is 5.09. The van der Waals surface area contributed by atoms with Crippen LogP contribution in [0, 0.1) is 0 Å². The van der Waals surface area contributed by atoms with E-state index in [0.717, 1.165) is 17.2 Å². The molecule has 0 aliphatic heterocycles. The van der Waals surface area contributed by atoms with Crippen molar-refractivity contribution in [3.05, 3.63) is 59.0 Å². The van der Waals surface area contributed by atoms with E-state index in [1.165, 1.54) is 5.56 Å². The van der Waals surface area contributed by atoms with Crippen LogP contribution in [0.2, 0.25) is 5.02 Å². The molecule has 1 heterocycles. The van der Waals surface area contributed by atoms with Crippen molar-refractivity contribution < 1.29 is 9.52 Å². The SMILES string of the molecule is CC(Cc1ccc(Cl)cc1)NC(CO)c1ccco1. The molecule has 0 saturated carbocycles. The number of aliphatic hydroxyl groups is 1. The first-order chi connectivity index (χ1) is 9.19. The Morgan fingerprint density at radius 1 is 1.26 bits per heavy atom. The fraction of sp³-hybridized carbons (Fsp3) is 0.333. The third-order valence-electron chi connectivity index (χ3n) is 3.01. The summed E-state index contributed by atoms with van der Waals surface area (Å²) in [5, 5.41) is 13.5. The van der Waals surface area contributed by atoms with Gasteiger partial charge in [-0.1, -0.05) is 23.7 Å². The lowest BCUT2D eigenvalue weighted by Crippen LogP contribution is -2.33. The summed E-state index contributed by atoms with van der Waals surface area (Å²) in [4.78, 5) is 0. The third-order valence-corrected chi connectivity index (χ3v) is 3.26. The van der Waals surface area contributed by atoms with E-state index in [0.29, 0.717) is 0 Å². The minimum Gasteiger partial charge on any atom is -0.468 e. The Morgan fingerprint density at radius 3 is 2.58 bits per heavy atom. The molecule has 2 aromatic rings. The van der Waals surface area contributed by atoms with Gasteiger partial charge in [-0.2, -0.15) is 0 Å². The van der Waals surface area contributed by atoms with Gasteiger partial charge in [-0.3, -0.25) is 0 Å². The molecule has 2 rings (SSSR count). The van der Waals surface area contributed by atoms with Gasteiger partial charge in [0.25, 0.3) is 0 Å². The maximum Gasteiger partial charge on any atom is 0.123 e. The van der Waals surface area contributed by atoms with Crippen LogP contribution in [0.25, 0.3) is 0 Å². The van der Waals surface area contributed by atoms with Crippen molar-refractivity contribution in [1.82, 2.24) is 5.32 Å². The lowest BCUT2D eigenvalue weighted by Gasteiger charge is -2.20. The van der Waals surface area contributed by atoms with Gasteiger partial charge >= 0.3 is 0 Å². The van der Waals surface area contributed by atoms with Gasteiger partial charge in [0.05, 0.1) is 18.9 Å². The number of furan rings is 1. The minimum absolute atomic E-state index is 0.0124. The van der Waals surface area contributed by atoms with Gasteiger partial charge in [-0.05, 0) is 43.2 Å². The van der Waals surface area contributed by atoms with Gasteiger partial charge in [-0.15, -0.1) is 0 Å². The lowest BCUT2D eigenvalue weighted by molar-refractivity contribution is 0.216. The van der Waals surface area contributed by atoms with Crippen LogP contribution in [-0.2, 0) is 6.42 Å². The van der Waals surface area contributed by atoms with E-state index >= 15 is 0 Å². The highest BCUT2D eigenvalue weighted by Crippen LogP contribution is 2.15. The number of rotatable bonds is 6. The van der Waals surface area contributed by atoms with Crippen LogP contribution >= 0.6 is 11.6 Å². The minimum atomic E-state index is -0.169. The molecular weight excluding hydrogens is 262 g/mol. The predicted octanol–water partition coefficient (Wildman–Crippen LogP) is 3.19. The molecule has 0 amide bonds. The highest BCUT2D eigenvalue weighted by Gasteiger charge is 2.15. The summed E-state index contributed by atoms with van der Waals surface area (Å²) in [5.41, 5.74) is 1.21. The summed E-state index contributed by atoms with van der Waals surface area (Å²) >= 11 is 5.86. The van der Waals surface area contributed by atoms with Crippen LogP contribution in [0.1, 0.15) is 24.3 Å². The highest BCUT2D eigenvalue weighted by atomic mass is 35.5. The average molecular weight is 280 g/mol.